The summed E-state index contributed by atoms with van der Waals surface area (Å²) >= 11 is 5.91. The highest BCUT2D eigenvalue weighted by Gasteiger charge is 2.29. The maximum Gasteiger partial charge on any atom is 0.280 e. The standard InChI is InChI=1S/C21H17ClN6O2/c22-16-8-6-15(7-9-16)21(29)27-11-10-17(12-27)28-13-18(24-26-28)20-23-19(25-30-20)14-4-2-1-3-5-14/h1-9,13,17H,10-12H2. The van der Waals surface area contributed by atoms with Gasteiger partial charge in [0, 0.05) is 29.2 Å². The number of carbonyl (C=O) groups is 1. The minimum absolute atomic E-state index is 0.0149. The maximum absolute atomic E-state index is 12.7. The second-order valence-corrected chi connectivity index (χ2v) is 7.51. The number of aromatic nitrogens is 5. The Hall–Kier alpha value is -3.52. The molecule has 9 heteroatoms. The zero-order valence-corrected chi connectivity index (χ0v) is 16.6. The predicted octanol–water partition coefficient (Wildman–Crippen LogP) is 3.74. The molecule has 1 fully saturated rings. The van der Waals surface area contributed by atoms with Gasteiger partial charge >= 0.3 is 0 Å². The fraction of sp³-hybridized carbons (Fsp3) is 0.190. The van der Waals surface area contributed by atoms with E-state index in [0.29, 0.717) is 41.1 Å². The predicted molar refractivity (Wildman–Crippen MR) is 110 cm³/mol. The normalized spacial score (nSPS) is 16.2. The van der Waals surface area contributed by atoms with Gasteiger partial charge in [0.25, 0.3) is 11.8 Å². The lowest BCUT2D eigenvalue weighted by Crippen LogP contribution is -2.29. The molecule has 150 valence electrons. The summed E-state index contributed by atoms with van der Waals surface area (Å²) in [6.07, 6.45) is 2.57. The van der Waals surface area contributed by atoms with E-state index in [0.717, 1.165) is 12.0 Å². The van der Waals surface area contributed by atoms with Gasteiger partial charge in [0.05, 0.1) is 12.2 Å². The van der Waals surface area contributed by atoms with E-state index >= 15 is 0 Å². The summed E-state index contributed by atoms with van der Waals surface area (Å²) in [5.74, 6) is 0.798. The van der Waals surface area contributed by atoms with Crippen molar-refractivity contribution >= 4 is 17.5 Å². The van der Waals surface area contributed by atoms with Gasteiger partial charge in [0.1, 0.15) is 0 Å². The summed E-state index contributed by atoms with van der Waals surface area (Å²) in [6.45, 7) is 1.21. The van der Waals surface area contributed by atoms with Crippen LogP contribution in [0.4, 0.5) is 0 Å². The largest absolute Gasteiger partial charge is 0.336 e. The molecule has 1 saturated heterocycles. The number of likely N-dealkylation sites (tertiary alicyclic amines) is 1. The molecular weight excluding hydrogens is 404 g/mol. The number of hydrogen-bond acceptors (Lipinski definition) is 6. The number of halogens is 1. The number of amides is 1. The van der Waals surface area contributed by atoms with Crippen LogP contribution in [0.2, 0.25) is 5.02 Å². The van der Waals surface area contributed by atoms with Crippen molar-refractivity contribution in [1.29, 1.82) is 0 Å². The molecule has 4 aromatic rings. The topological polar surface area (TPSA) is 89.9 Å². The molecule has 1 aliphatic heterocycles. The van der Waals surface area contributed by atoms with Crippen LogP contribution in [0.3, 0.4) is 0 Å². The second-order valence-electron chi connectivity index (χ2n) is 7.07. The molecule has 2 aromatic heterocycles. The van der Waals surface area contributed by atoms with E-state index in [2.05, 4.69) is 20.5 Å². The maximum atomic E-state index is 12.7. The number of nitrogens with zero attached hydrogens (tertiary/aromatic N) is 6. The average molecular weight is 421 g/mol. The van der Waals surface area contributed by atoms with Crippen molar-refractivity contribution in [2.45, 2.75) is 12.5 Å². The van der Waals surface area contributed by atoms with Gasteiger partial charge in [0.2, 0.25) is 5.82 Å². The van der Waals surface area contributed by atoms with Gasteiger partial charge < -0.3 is 9.42 Å². The first-order chi connectivity index (χ1) is 14.7. The van der Waals surface area contributed by atoms with Crippen molar-refractivity contribution in [1.82, 2.24) is 30.0 Å². The summed E-state index contributed by atoms with van der Waals surface area (Å²) in [5.41, 5.74) is 2.00. The summed E-state index contributed by atoms with van der Waals surface area (Å²) in [6, 6.07) is 16.6. The molecule has 8 nitrogen and oxygen atoms in total. The number of carbonyl (C=O) groups excluding carboxylic acids is 1. The van der Waals surface area contributed by atoms with Crippen molar-refractivity contribution in [3.05, 3.63) is 71.4 Å². The lowest BCUT2D eigenvalue weighted by atomic mass is 10.2. The van der Waals surface area contributed by atoms with Crippen LogP contribution in [0, 0.1) is 0 Å². The van der Waals surface area contributed by atoms with Gasteiger partial charge in [-0.1, -0.05) is 52.3 Å². The number of benzene rings is 2. The zero-order valence-electron chi connectivity index (χ0n) is 15.8. The highest BCUT2D eigenvalue weighted by Crippen LogP contribution is 2.25. The summed E-state index contributed by atoms with van der Waals surface area (Å²) in [5, 5.41) is 13.0. The Bertz CT molecular complexity index is 1170. The number of hydrogen-bond donors (Lipinski definition) is 0. The Labute approximate surface area is 177 Å². The van der Waals surface area contributed by atoms with Crippen molar-refractivity contribution in [3.8, 4) is 23.0 Å². The quantitative estimate of drug-likeness (QED) is 0.499. The molecule has 2 aromatic carbocycles. The van der Waals surface area contributed by atoms with Crippen molar-refractivity contribution in [2.75, 3.05) is 13.1 Å². The van der Waals surface area contributed by atoms with Gasteiger partial charge in [-0.15, -0.1) is 5.10 Å². The van der Waals surface area contributed by atoms with Gasteiger partial charge in [0.15, 0.2) is 5.69 Å². The van der Waals surface area contributed by atoms with Crippen LogP contribution in [0.1, 0.15) is 22.8 Å². The van der Waals surface area contributed by atoms with Crippen molar-refractivity contribution in [3.63, 3.8) is 0 Å². The first-order valence-electron chi connectivity index (χ1n) is 9.53. The summed E-state index contributed by atoms with van der Waals surface area (Å²) < 4.78 is 7.12. The van der Waals surface area contributed by atoms with Crippen LogP contribution < -0.4 is 0 Å². The van der Waals surface area contributed by atoms with Gasteiger partial charge in [-0.25, -0.2) is 4.68 Å². The van der Waals surface area contributed by atoms with E-state index in [9.17, 15) is 4.79 Å². The van der Waals surface area contributed by atoms with Crippen LogP contribution in [0.15, 0.2) is 65.3 Å². The van der Waals surface area contributed by atoms with Crippen LogP contribution >= 0.6 is 11.6 Å². The molecule has 0 N–H and O–H groups in total. The minimum Gasteiger partial charge on any atom is -0.336 e. The van der Waals surface area contributed by atoms with E-state index in [-0.39, 0.29) is 11.9 Å². The monoisotopic (exact) mass is 420 g/mol. The van der Waals surface area contributed by atoms with Gasteiger partial charge in [-0.2, -0.15) is 4.98 Å². The van der Waals surface area contributed by atoms with Crippen molar-refractivity contribution < 1.29 is 9.32 Å². The second kappa shape index (κ2) is 7.72. The Morgan fingerprint density at radius 3 is 2.70 bits per heavy atom. The third-order valence-electron chi connectivity index (χ3n) is 5.10. The first-order valence-corrected chi connectivity index (χ1v) is 9.91. The Morgan fingerprint density at radius 1 is 1.10 bits per heavy atom. The first kappa shape index (κ1) is 18.5. The SMILES string of the molecule is O=C(c1ccc(Cl)cc1)N1CCC(n2cc(-c3nc(-c4ccccc4)no3)nn2)C1. The molecule has 3 heterocycles. The van der Waals surface area contributed by atoms with E-state index in [4.69, 9.17) is 16.1 Å². The molecule has 0 bridgehead atoms. The van der Waals surface area contributed by atoms with E-state index in [1.54, 1.807) is 35.1 Å². The smallest absolute Gasteiger partial charge is 0.280 e. The molecule has 0 radical (unpaired) electrons. The number of rotatable bonds is 4. The third kappa shape index (κ3) is 3.57. The van der Waals surface area contributed by atoms with E-state index in [1.807, 2.05) is 35.2 Å². The zero-order chi connectivity index (χ0) is 20.5. The lowest BCUT2D eigenvalue weighted by Gasteiger charge is -2.16. The molecule has 30 heavy (non-hydrogen) atoms. The van der Waals surface area contributed by atoms with E-state index < -0.39 is 0 Å². The average Bonchev–Trinajstić information content (AvgIpc) is 3.54. The van der Waals surface area contributed by atoms with E-state index in [1.165, 1.54) is 0 Å². The summed E-state index contributed by atoms with van der Waals surface area (Å²) in [7, 11) is 0. The molecule has 1 unspecified atom stereocenters. The molecule has 1 aliphatic rings. The minimum atomic E-state index is -0.0149. The van der Waals surface area contributed by atoms with Crippen LogP contribution in [0.25, 0.3) is 23.0 Å². The Balaban J connectivity index is 1.29. The van der Waals surface area contributed by atoms with Crippen LogP contribution in [-0.2, 0) is 0 Å². The van der Waals surface area contributed by atoms with Crippen LogP contribution in [-0.4, -0.2) is 49.0 Å². The Kier molecular flexibility index (Phi) is 4.76. The van der Waals surface area contributed by atoms with Gasteiger partial charge in [-0.05, 0) is 30.7 Å². The fourth-order valence-electron chi connectivity index (χ4n) is 3.50. The lowest BCUT2D eigenvalue weighted by molar-refractivity contribution is 0.0787. The van der Waals surface area contributed by atoms with Gasteiger partial charge in [-0.3, -0.25) is 4.79 Å². The Morgan fingerprint density at radius 2 is 1.90 bits per heavy atom. The molecule has 1 amide bonds. The molecule has 1 atom stereocenters. The third-order valence-corrected chi connectivity index (χ3v) is 5.36. The summed E-state index contributed by atoms with van der Waals surface area (Å²) in [4.78, 5) is 18.9. The molecule has 0 aliphatic carbocycles. The molecule has 5 rings (SSSR count). The highest BCUT2D eigenvalue weighted by atomic mass is 35.5. The molecule has 0 saturated carbocycles. The fourth-order valence-corrected chi connectivity index (χ4v) is 3.63. The van der Waals surface area contributed by atoms with Crippen molar-refractivity contribution in [2.24, 2.45) is 0 Å². The molecule has 0 spiro atoms. The van der Waals surface area contributed by atoms with Crippen LogP contribution in [0.5, 0.6) is 0 Å². The molecular formula is C21H17ClN6O2. The highest BCUT2D eigenvalue weighted by molar-refractivity contribution is 6.30.